The van der Waals surface area contributed by atoms with Crippen LogP contribution < -0.4 is 16.4 Å². The van der Waals surface area contributed by atoms with Gasteiger partial charge in [-0.3, -0.25) is 9.36 Å². The summed E-state index contributed by atoms with van der Waals surface area (Å²) in [6, 6.07) is 7.95. The van der Waals surface area contributed by atoms with Gasteiger partial charge in [0.15, 0.2) is 0 Å². The second kappa shape index (κ2) is 9.88. The average Bonchev–Trinajstić information content (AvgIpc) is 3.29. The van der Waals surface area contributed by atoms with Crippen molar-refractivity contribution < 1.29 is 9.53 Å². The Kier molecular flexibility index (Phi) is 6.77. The van der Waals surface area contributed by atoms with Crippen molar-refractivity contribution in [2.24, 2.45) is 5.73 Å². The van der Waals surface area contributed by atoms with Gasteiger partial charge in [0.05, 0.1) is 6.04 Å². The number of nitrogens with two attached hydrogens (primary N) is 1. The van der Waals surface area contributed by atoms with Crippen molar-refractivity contribution in [3.63, 3.8) is 0 Å². The van der Waals surface area contributed by atoms with Crippen molar-refractivity contribution in [2.45, 2.75) is 38.8 Å². The van der Waals surface area contributed by atoms with Gasteiger partial charge in [-0.2, -0.15) is 4.98 Å². The standard InChI is InChI=1S/C23H29N7O2/c1-15-4-3-5-17(10-15)19(11-24)28-22(31)20-13-30(14-26-20)21-16(2)12-25-23(29-21)27-18-6-8-32-9-7-18/h3-5,10,12-14,18-19H,6-9,11,24H2,1-2H3,(H,28,31)(H,25,27,29). The van der Waals surface area contributed by atoms with Gasteiger partial charge in [0.2, 0.25) is 5.95 Å². The molecule has 0 bridgehead atoms. The normalized spacial score (nSPS) is 15.3. The van der Waals surface area contributed by atoms with Gasteiger partial charge in [-0.1, -0.05) is 29.8 Å². The maximum Gasteiger partial charge on any atom is 0.272 e. The van der Waals surface area contributed by atoms with Gasteiger partial charge in [0, 0.05) is 43.8 Å². The number of hydrogen-bond acceptors (Lipinski definition) is 7. The number of anilines is 1. The summed E-state index contributed by atoms with van der Waals surface area (Å²) in [5.74, 6) is 0.947. The molecule has 0 spiro atoms. The molecule has 1 atom stereocenters. The summed E-state index contributed by atoms with van der Waals surface area (Å²) >= 11 is 0. The summed E-state index contributed by atoms with van der Waals surface area (Å²) in [4.78, 5) is 26.2. The molecule has 2 aromatic heterocycles. The first-order chi connectivity index (χ1) is 15.5. The lowest BCUT2D eigenvalue weighted by molar-refractivity contribution is 0.0903. The zero-order chi connectivity index (χ0) is 22.5. The number of aromatic nitrogens is 4. The second-order valence-electron chi connectivity index (χ2n) is 8.07. The molecule has 0 aliphatic carbocycles. The molecule has 1 aliphatic rings. The quantitative estimate of drug-likeness (QED) is 0.521. The predicted molar refractivity (Wildman–Crippen MR) is 122 cm³/mol. The third-order valence-electron chi connectivity index (χ3n) is 5.54. The molecule has 1 aliphatic heterocycles. The maximum atomic E-state index is 12.8. The highest BCUT2D eigenvalue weighted by molar-refractivity contribution is 5.92. The van der Waals surface area contributed by atoms with Gasteiger partial charge in [-0.05, 0) is 32.3 Å². The number of carbonyl (C=O) groups excluding carboxylic acids is 1. The Morgan fingerprint density at radius 2 is 2.09 bits per heavy atom. The van der Waals surface area contributed by atoms with Gasteiger partial charge in [-0.15, -0.1) is 0 Å². The molecule has 168 valence electrons. The van der Waals surface area contributed by atoms with E-state index in [-0.39, 0.29) is 11.9 Å². The highest BCUT2D eigenvalue weighted by Crippen LogP contribution is 2.18. The predicted octanol–water partition coefficient (Wildman–Crippen LogP) is 2.30. The van der Waals surface area contributed by atoms with E-state index < -0.39 is 0 Å². The molecule has 1 fully saturated rings. The fourth-order valence-electron chi connectivity index (χ4n) is 3.74. The number of carbonyl (C=O) groups is 1. The molecule has 9 heteroatoms. The SMILES string of the molecule is Cc1cccc(C(CN)NC(=O)c2cn(-c3nc(NC4CCOCC4)ncc3C)cn2)c1. The summed E-state index contributed by atoms with van der Waals surface area (Å²) in [5.41, 5.74) is 9.18. The lowest BCUT2D eigenvalue weighted by Gasteiger charge is -2.23. The minimum atomic E-state index is -0.288. The Balaban J connectivity index is 1.49. The van der Waals surface area contributed by atoms with E-state index in [1.807, 2.05) is 38.1 Å². The lowest BCUT2D eigenvalue weighted by Crippen LogP contribution is -2.33. The molecule has 1 aromatic carbocycles. The summed E-state index contributed by atoms with van der Waals surface area (Å²) < 4.78 is 7.15. The van der Waals surface area contributed by atoms with E-state index in [4.69, 9.17) is 10.5 Å². The van der Waals surface area contributed by atoms with Crippen LogP contribution in [0.25, 0.3) is 5.82 Å². The topological polar surface area (TPSA) is 120 Å². The van der Waals surface area contributed by atoms with Crippen LogP contribution in [0.15, 0.2) is 43.0 Å². The van der Waals surface area contributed by atoms with Gasteiger partial charge in [0.1, 0.15) is 17.8 Å². The Bertz CT molecular complexity index is 1080. The summed E-state index contributed by atoms with van der Waals surface area (Å²) in [6.45, 7) is 5.71. The number of nitrogens with zero attached hydrogens (tertiary/aromatic N) is 4. The van der Waals surface area contributed by atoms with Crippen LogP contribution >= 0.6 is 0 Å². The zero-order valence-corrected chi connectivity index (χ0v) is 18.4. The Morgan fingerprint density at radius 1 is 1.28 bits per heavy atom. The zero-order valence-electron chi connectivity index (χ0n) is 18.4. The van der Waals surface area contributed by atoms with Crippen molar-refractivity contribution >= 4 is 11.9 Å². The van der Waals surface area contributed by atoms with E-state index >= 15 is 0 Å². The minimum absolute atomic E-state index is 0.284. The highest BCUT2D eigenvalue weighted by atomic mass is 16.5. The smallest absolute Gasteiger partial charge is 0.272 e. The molecule has 32 heavy (non-hydrogen) atoms. The first kappa shape index (κ1) is 21.9. The number of imidazole rings is 1. The minimum Gasteiger partial charge on any atom is -0.381 e. The average molecular weight is 436 g/mol. The van der Waals surface area contributed by atoms with Crippen LogP contribution in [0.2, 0.25) is 0 Å². The molecule has 1 amide bonds. The number of amides is 1. The van der Waals surface area contributed by atoms with Crippen LogP contribution in [0, 0.1) is 13.8 Å². The third kappa shape index (κ3) is 5.12. The van der Waals surface area contributed by atoms with Gasteiger partial charge < -0.3 is 21.1 Å². The molecular formula is C23H29N7O2. The molecule has 9 nitrogen and oxygen atoms in total. The first-order valence-electron chi connectivity index (χ1n) is 10.8. The summed E-state index contributed by atoms with van der Waals surface area (Å²) in [7, 11) is 0. The van der Waals surface area contributed by atoms with E-state index in [0.717, 1.165) is 42.7 Å². The fourth-order valence-corrected chi connectivity index (χ4v) is 3.74. The molecule has 3 heterocycles. The van der Waals surface area contributed by atoms with Crippen molar-refractivity contribution in [1.82, 2.24) is 24.8 Å². The molecule has 1 unspecified atom stereocenters. The van der Waals surface area contributed by atoms with Gasteiger partial charge in [-0.25, -0.2) is 9.97 Å². The number of aryl methyl sites for hydroxylation is 2. The van der Waals surface area contributed by atoms with Crippen molar-refractivity contribution in [3.8, 4) is 5.82 Å². The van der Waals surface area contributed by atoms with E-state index in [9.17, 15) is 4.79 Å². The molecule has 0 radical (unpaired) electrons. The Labute approximate surface area is 187 Å². The lowest BCUT2D eigenvalue weighted by atomic mass is 10.0. The van der Waals surface area contributed by atoms with Crippen LogP contribution in [0.4, 0.5) is 5.95 Å². The third-order valence-corrected chi connectivity index (χ3v) is 5.54. The number of rotatable bonds is 7. The Hall–Kier alpha value is -3.30. The number of ether oxygens (including phenoxy) is 1. The largest absolute Gasteiger partial charge is 0.381 e. The van der Waals surface area contributed by atoms with E-state index in [1.165, 1.54) is 0 Å². The van der Waals surface area contributed by atoms with Crippen molar-refractivity contribution in [1.29, 1.82) is 0 Å². The van der Waals surface area contributed by atoms with Crippen LogP contribution in [-0.2, 0) is 4.74 Å². The molecule has 1 saturated heterocycles. The van der Waals surface area contributed by atoms with Crippen LogP contribution in [0.1, 0.15) is 46.1 Å². The number of benzene rings is 1. The maximum absolute atomic E-state index is 12.8. The fraction of sp³-hybridized carbons (Fsp3) is 0.391. The number of nitrogens with one attached hydrogen (secondary N) is 2. The molecule has 4 rings (SSSR count). The molecule has 4 N–H and O–H groups in total. The van der Waals surface area contributed by atoms with Gasteiger partial charge in [0.25, 0.3) is 5.91 Å². The van der Waals surface area contributed by atoms with E-state index in [0.29, 0.717) is 30.0 Å². The second-order valence-corrected chi connectivity index (χ2v) is 8.07. The number of hydrogen-bond donors (Lipinski definition) is 3. The van der Waals surface area contributed by atoms with E-state index in [1.54, 1.807) is 23.3 Å². The molecule has 0 saturated carbocycles. The van der Waals surface area contributed by atoms with Gasteiger partial charge >= 0.3 is 0 Å². The first-order valence-corrected chi connectivity index (χ1v) is 10.8. The Morgan fingerprint density at radius 3 is 2.84 bits per heavy atom. The molecular weight excluding hydrogens is 406 g/mol. The van der Waals surface area contributed by atoms with Crippen LogP contribution in [-0.4, -0.2) is 51.2 Å². The van der Waals surface area contributed by atoms with Crippen molar-refractivity contribution in [3.05, 3.63) is 65.4 Å². The summed E-state index contributed by atoms with van der Waals surface area (Å²) in [5, 5.41) is 6.35. The molecule has 3 aromatic rings. The van der Waals surface area contributed by atoms with Crippen LogP contribution in [0.3, 0.4) is 0 Å². The van der Waals surface area contributed by atoms with E-state index in [2.05, 4.69) is 25.6 Å². The van der Waals surface area contributed by atoms with Crippen molar-refractivity contribution in [2.75, 3.05) is 25.1 Å². The monoisotopic (exact) mass is 435 g/mol. The summed E-state index contributed by atoms with van der Waals surface area (Å²) in [6.07, 6.45) is 6.88. The highest BCUT2D eigenvalue weighted by Gasteiger charge is 2.19. The van der Waals surface area contributed by atoms with Crippen LogP contribution in [0.5, 0.6) is 0 Å².